The Morgan fingerprint density at radius 2 is 1.83 bits per heavy atom. The third-order valence-corrected chi connectivity index (χ3v) is 4.50. The molecule has 3 heteroatoms. The standard InChI is InChI=1S/C15H30N2O/c1-12(2)6-8-18-9-7-17(3)15-10-13-4-5-14(11-15)16-13/h12-16H,4-11H2,1-3H3. The second-order valence-corrected chi connectivity index (χ2v) is 6.54. The van der Waals surface area contributed by atoms with Crippen molar-refractivity contribution in [3.8, 4) is 0 Å². The van der Waals surface area contributed by atoms with Gasteiger partial charge in [0.05, 0.1) is 6.61 Å². The normalized spacial score (nSPS) is 31.5. The smallest absolute Gasteiger partial charge is 0.0593 e. The summed E-state index contributed by atoms with van der Waals surface area (Å²) in [5, 5.41) is 3.71. The molecule has 18 heavy (non-hydrogen) atoms. The molecule has 2 saturated heterocycles. The van der Waals surface area contributed by atoms with Gasteiger partial charge in [0.25, 0.3) is 0 Å². The van der Waals surface area contributed by atoms with E-state index < -0.39 is 0 Å². The summed E-state index contributed by atoms with van der Waals surface area (Å²) >= 11 is 0. The number of rotatable bonds is 7. The molecular formula is C15H30N2O. The van der Waals surface area contributed by atoms with Gasteiger partial charge < -0.3 is 15.0 Å². The molecule has 2 atom stereocenters. The molecule has 0 aromatic carbocycles. The van der Waals surface area contributed by atoms with Crippen LogP contribution >= 0.6 is 0 Å². The first kappa shape index (κ1) is 14.3. The highest BCUT2D eigenvalue weighted by Crippen LogP contribution is 2.29. The van der Waals surface area contributed by atoms with E-state index in [0.717, 1.165) is 43.8 Å². The maximum Gasteiger partial charge on any atom is 0.0593 e. The number of nitrogens with zero attached hydrogens (tertiary/aromatic N) is 1. The Hall–Kier alpha value is -0.120. The van der Waals surface area contributed by atoms with Crippen LogP contribution in [0.1, 0.15) is 46.0 Å². The molecule has 2 heterocycles. The van der Waals surface area contributed by atoms with Crippen LogP contribution in [0.25, 0.3) is 0 Å². The van der Waals surface area contributed by atoms with Gasteiger partial charge in [0.2, 0.25) is 0 Å². The van der Waals surface area contributed by atoms with Gasteiger partial charge >= 0.3 is 0 Å². The van der Waals surface area contributed by atoms with Gasteiger partial charge in [0.15, 0.2) is 0 Å². The Labute approximate surface area is 112 Å². The molecule has 0 radical (unpaired) electrons. The van der Waals surface area contributed by atoms with Gasteiger partial charge in [-0.3, -0.25) is 0 Å². The van der Waals surface area contributed by atoms with Crippen molar-refractivity contribution in [3.63, 3.8) is 0 Å². The fourth-order valence-electron chi connectivity index (χ4n) is 3.20. The number of nitrogens with one attached hydrogen (secondary N) is 1. The molecule has 0 aliphatic carbocycles. The molecule has 0 aromatic rings. The summed E-state index contributed by atoms with van der Waals surface area (Å²) in [5.41, 5.74) is 0. The number of ether oxygens (including phenoxy) is 1. The minimum atomic E-state index is 0.753. The average molecular weight is 254 g/mol. The summed E-state index contributed by atoms with van der Waals surface area (Å²) in [7, 11) is 2.27. The largest absolute Gasteiger partial charge is 0.380 e. The average Bonchev–Trinajstić information content (AvgIpc) is 2.67. The van der Waals surface area contributed by atoms with Crippen molar-refractivity contribution < 1.29 is 4.74 Å². The SMILES string of the molecule is CC(C)CCOCCN(C)C1CC2CCC(C1)N2. The summed E-state index contributed by atoms with van der Waals surface area (Å²) in [5.74, 6) is 0.753. The molecule has 2 aliphatic heterocycles. The molecule has 2 rings (SSSR count). The van der Waals surface area contributed by atoms with Crippen molar-refractivity contribution in [1.82, 2.24) is 10.2 Å². The molecule has 0 aromatic heterocycles. The number of fused-ring (bicyclic) bond motifs is 2. The zero-order chi connectivity index (χ0) is 13.0. The molecule has 106 valence electrons. The van der Waals surface area contributed by atoms with E-state index in [1.165, 1.54) is 32.1 Å². The van der Waals surface area contributed by atoms with E-state index in [9.17, 15) is 0 Å². The van der Waals surface area contributed by atoms with Crippen LogP contribution in [0.3, 0.4) is 0 Å². The Morgan fingerprint density at radius 3 is 2.44 bits per heavy atom. The van der Waals surface area contributed by atoms with Crippen molar-refractivity contribution in [2.75, 3.05) is 26.8 Å². The van der Waals surface area contributed by atoms with Crippen LogP contribution in [0.15, 0.2) is 0 Å². The fourth-order valence-corrected chi connectivity index (χ4v) is 3.20. The second-order valence-electron chi connectivity index (χ2n) is 6.54. The predicted octanol–water partition coefficient (Wildman–Crippen LogP) is 2.26. The second kappa shape index (κ2) is 6.88. The summed E-state index contributed by atoms with van der Waals surface area (Å²) < 4.78 is 5.72. The van der Waals surface area contributed by atoms with E-state index in [1.54, 1.807) is 0 Å². The zero-order valence-electron chi connectivity index (χ0n) is 12.3. The van der Waals surface area contributed by atoms with E-state index in [-0.39, 0.29) is 0 Å². The first-order valence-corrected chi connectivity index (χ1v) is 7.69. The zero-order valence-corrected chi connectivity index (χ0v) is 12.3. The van der Waals surface area contributed by atoms with E-state index in [2.05, 4.69) is 31.1 Å². The molecule has 2 fully saturated rings. The van der Waals surface area contributed by atoms with Crippen molar-refractivity contribution in [3.05, 3.63) is 0 Å². The van der Waals surface area contributed by atoms with Crippen LogP contribution < -0.4 is 5.32 Å². The maximum absolute atomic E-state index is 5.72. The Bertz CT molecular complexity index is 233. The van der Waals surface area contributed by atoms with E-state index in [1.807, 2.05) is 0 Å². The van der Waals surface area contributed by atoms with Gasteiger partial charge in [-0.25, -0.2) is 0 Å². The Morgan fingerprint density at radius 1 is 1.17 bits per heavy atom. The molecule has 2 bridgehead atoms. The predicted molar refractivity (Wildman–Crippen MR) is 75.9 cm³/mol. The van der Waals surface area contributed by atoms with Crippen molar-refractivity contribution in [2.45, 2.75) is 64.1 Å². The molecule has 2 unspecified atom stereocenters. The quantitative estimate of drug-likeness (QED) is 0.705. The molecular weight excluding hydrogens is 224 g/mol. The molecule has 2 aliphatic rings. The lowest BCUT2D eigenvalue weighted by atomic mass is 9.99. The van der Waals surface area contributed by atoms with Crippen LogP contribution in [0.5, 0.6) is 0 Å². The Balaban J connectivity index is 1.58. The minimum absolute atomic E-state index is 0.753. The van der Waals surface area contributed by atoms with Crippen LogP contribution in [-0.4, -0.2) is 49.8 Å². The maximum atomic E-state index is 5.72. The lowest BCUT2D eigenvalue weighted by Gasteiger charge is -2.35. The van der Waals surface area contributed by atoms with Crippen LogP contribution in [0, 0.1) is 5.92 Å². The number of piperidine rings is 1. The highest BCUT2D eigenvalue weighted by molar-refractivity contribution is 4.95. The van der Waals surface area contributed by atoms with Crippen molar-refractivity contribution >= 4 is 0 Å². The van der Waals surface area contributed by atoms with Gasteiger partial charge in [-0.05, 0) is 45.1 Å². The van der Waals surface area contributed by atoms with Crippen LogP contribution in [0.2, 0.25) is 0 Å². The van der Waals surface area contributed by atoms with Crippen molar-refractivity contribution in [2.24, 2.45) is 5.92 Å². The highest BCUT2D eigenvalue weighted by atomic mass is 16.5. The number of hydrogen-bond acceptors (Lipinski definition) is 3. The van der Waals surface area contributed by atoms with Gasteiger partial charge in [0.1, 0.15) is 0 Å². The lowest BCUT2D eigenvalue weighted by molar-refractivity contribution is 0.0806. The Kier molecular flexibility index (Phi) is 5.46. The lowest BCUT2D eigenvalue weighted by Crippen LogP contribution is -2.47. The molecule has 0 amide bonds. The summed E-state index contributed by atoms with van der Waals surface area (Å²) in [4.78, 5) is 2.52. The van der Waals surface area contributed by atoms with Gasteiger partial charge in [-0.15, -0.1) is 0 Å². The topological polar surface area (TPSA) is 24.5 Å². The third-order valence-electron chi connectivity index (χ3n) is 4.50. The summed E-state index contributed by atoms with van der Waals surface area (Å²) in [6.07, 6.45) is 6.62. The fraction of sp³-hybridized carbons (Fsp3) is 1.00. The van der Waals surface area contributed by atoms with Gasteiger partial charge in [0, 0.05) is 31.3 Å². The monoisotopic (exact) mass is 254 g/mol. The molecule has 3 nitrogen and oxygen atoms in total. The van der Waals surface area contributed by atoms with Crippen LogP contribution in [0.4, 0.5) is 0 Å². The highest BCUT2D eigenvalue weighted by Gasteiger charge is 2.34. The van der Waals surface area contributed by atoms with E-state index in [4.69, 9.17) is 4.74 Å². The summed E-state index contributed by atoms with van der Waals surface area (Å²) in [6.45, 7) is 7.40. The first-order valence-electron chi connectivity index (χ1n) is 7.69. The van der Waals surface area contributed by atoms with E-state index >= 15 is 0 Å². The number of hydrogen-bond donors (Lipinski definition) is 1. The van der Waals surface area contributed by atoms with Gasteiger partial charge in [-0.1, -0.05) is 13.8 Å². The minimum Gasteiger partial charge on any atom is -0.380 e. The first-order chi connectivity index (χ1) is 8.65. The van der Waals surface area contributed by atoms with Crippen LogP contribution in [-0.2, 0) is 4.74 Å². The van der Waals surface area contributed by atoms with Crippen molar-refractivity contribution in [1.29, 1.82) is 0 Å². The summed E-state index contributed by atoms with van der Waals surface area (Å²) in [6, 6.07) is 2.36. The molecule has 0 spiro atoms. The molecule has 1 N–H and O–H groups in total. The number of likely N-dealkylation sites (N-methyl/N-ethyl adjacent to an activating group) is 1. The third kappa shape index (κ3) is 4.22. The van der Waals surface area contributed by atoms with E-state index in [0.29, 0.717) is 0 Å². The molecule has 0 saturated carbocycles. The van der Waals surface area contributed by atoms with Gasteiger partial charge in [-0.2, -0.15) is 0 Å².